The lowest BCUT2D eigenvalue weighted by Gasteiger charge is -2.19. The van der Waals surface area contributed by atoms with Crippen LogP contribution in [0.15, 0.2) is 72.9 Å². The Hall–Kier alpha value is -5.05. The minimum absolute atomic E-state index is 0.0715. The normalized spacial score (nSPS) is 12.4. The van der Waals surface area contributed by atoms with E-state index in [1.807, 2.05) is 18.2 Å². The van der Waals surface area contributed by atoms with Gasteiger partial charge < -0.3 is 29.6 Å². The van der Waals surface area contributed by atoms with Crippen molar-refractivity contribution >= 4 is 22.6 Å². The van der Waals surface area contributed by atoms with Gasteiger partial charge in [-0.15, -0.1) is 0 Å². The second-order valence-corrected chi connectivity index (χ2v) is 8.42. The molecule has 3 heterocycles. The van der Waals surface area contributed by atoms with Crippen LogP contribution in [0, 0.1) is 0 Å². The van der Waals surface area contributed by atoms with Gasteiger partial charge in [0.1, 0.15) is 24.8 Å². The molecular formula is C28H22N4O5. The van der Waals surface area contributed by atoms with Crippen LogP contribution in [-0.4, -0.2) is 46.3 Å². The van der Waals surface area contributed by atoms with Crippen molar-refractivity contribution in [2.75, 3.05) is 25.6 Å². The molecule has 0 saturated carbocycles. The van der Waals surface area contributed by atoms with E-state index in [1.165, 1.54) is 0 Å². The van der Waals surface area contributed by atoms with E-state index in [-0.39, 0.29) is 11.7 Å². The molecule has 0 radical (unpaired) electrons. The van der Waals surface area contributed by atoms with Crippen LogP contribution in [-0.2, 0) is 0 Å². The van der Waals surface area contributed by atoms with Gasteiger partial charge in [-0.3, -0.25) is 4.79 Å². The standard InChI is InChI=1S/C28H22N4O5/c1-35-28-19(3-2-10-29-28)16-5-8-23(33)20(13-16)26-31-21-7-4-17(14-22(21)32-26)27(34)30-18-6-9-24-25(15-18)37-12-11-36-24/h2-10,13-15,33H,11-12H2,1H3,(H,30,34)(H,31,32). The number of aromatic nitrogens is 3. The van der Waals surface area contributed by atoms with Crippen molar-refractivity contribution in [3.63, 3.8) is 0 Å². The van der Waals surface area contributed by atoms with E-state index in [4.69, 9.17) is 14.2 Å². The molecule has 6 rings (SSSR count). The maximum atomic E-state index is 12.9. The van der Waals surface area contributed by atoms with Gasteiger partial charge in [0, 0.05) is 29.1 Å². The van der Waals surface area contributed by atoms with E-state index in [9.17, 15) is 9.90 Å². The molecule has 3 N–H and O–H groups in total. The number of rotatable bonds is 5. The summed E-state index contributed by atoms with van der Waals surface area (Å²) >= 11 is 0. The molecule has 1 aliphatic heterocycles. The molecule has 5 aromatic rings. The van der Waals surface area contributed by atoms with Crippen molar-refractivity contribution in [3.8, 4) is 45.6 Å². The van der Waals surface area contributed by atoms with E-state index < -0.39 is 0 Å². The lowest BCUT2D eigenvalue weighted by Crippen LogP contribution is -2.16. The van der Waals surface area contributed by atoms with Crippen LogP contribution in [0.2, 0.25) is 0 Å². The summed E-state index contributed by atoms with van der Waals surface area (Å²) in [6, 6.07) is 19.4. The highest BCUT2D eigenvalue weighted by Crippen LogP contribution is 2.36. The second-order valence-electron chi connectivity index (χ2n) is 8.42. The van der Waals surface area contributed by atoms with Crippen molar-refractivity contribution in [3.05, 3.63) is 78.5 Å². The number of nitrogens with zero attached hydrogens (tertiary/aromatic N) is 2. The molecule has 0 spiro atoms. The first-order valence-electron chi connectivity index (χ1n) is 11.6. The summed E-state index contributed by atoms with van der Waals surface area (Å²) in [6.07, 6.45) is 1.66. The Morgan fingerprint density at radius 2 is 1.86 bits per heavy atom. The van der Waals surface area contributed by atoms with Crippen molar-refractivity contribution in [1.82, 2.24) is 15.0 Å². The molecule has 9 heteroatoms. The number of phenols is 1. The molecule has 9 nitrogen and oxygen atoms in total. The third kappa shape index (κ3) is 4.27. The second kappa shape index (κ2) is 9.19. The number of carbonyl (C=O) groups is 1. The molecule has 0 unspecified atom stereocenters. The number of anilines is 1. The molecular weight excluding hydrogens is 472 g/mol. The summed E-state index contributed by atoms with van der Waals surface area (Å²) in [5.74, 6) is 2.01. The number of benzene rings is 3. The highest BCUT2D eigenvalue weighted by atomic mass is 16.6. The molecule has 0 aliphatic carbocycles. The van der Waals surface area contributed by atoms with Crippen LogP contribution in [0.1, 0.15) is 10.4 Å². The number of hydrogen-bond donors (Lipinski definition) is 3. The van der Waals surface area contributed by atoms with Crippen LogP contribution in [0.5, 0.6) is 23.1 Å². The summed E-state index contributed by atoms with van der Waals surface area (Å²) in [7, 11) is 1.56. The van der Waals surface area contributed by atoms with Crippen molar-refractivity contribution in [2.45, 2.75) is 0 Å². The summed E-state index contributed by atoms with van der Waals surface area (Å²) in [6.45, 7) is 0.974. The monoisotopic (exact) mass is 494 g/mol. The Labute approximate surface area is 211 Å². The van der Waals surface area contributed by atoms with E-state index in [0.29, 0.717) is 64.3 Å². The zero-order valence-electron chi connectivity index (χ0n) is 19.8. The van der Waals surface area contributed by atoms with Gasteiger partial charge >= 0.3 is 0 Å². The van der Waals surface area contributed by atoms with Gasteiger partial charge in [-0.25, -0.2) is 9.97 Å². The molecule has 37 heavy (non-hydrogen) atoms. The zero-order chi connectivity index (χ0) is 25.4. The molecule has 0 fully saturated rings. The lowest BCUT2D eigenvalue weighted by molar-refractivity contribution is 0.102. The number of imidazole rings is 1. The topological polar surface area (TPSA) is 119 Å². The van der Waals surface area contributed by atoms with Crippen LogP contribution < -0.4 is 19.5 Å². The van der Waals surface area contributed by atoms with Crippen LogP contribution >= 0.6 is 0 Å². The summed E-state index contributed by atoms with van der Waals surface area (Å²) < 4.78 is 16.5. The maximum Gasteiger partial charge on any atom is 0.255 e. The van der Waals surface area contributed by atoms with Crippen molar-refractivity contribution in [2.24, 2.45) is 0 Å². The first-order chi connectivity index (χ1) is 18.1. The number of nitrogens with one attached hydrogen (secondary N) is 2. The highest BCUT2D eigenvalue weighted by molar-refractivity contribution is 6.06. The number of fused-ring (bicyclic) bond motifs is 2. The van der Waals surface area contributed by atoms with Gasteiger partial charge in [0.15, 0.2) is 11.5 Å². The fraction of sp³-hybridized carbons (Fsp3) is 0.107. The molecule has 3 aromatic carbocycles. The number of ether oxygens (including phenoxy) is 3. The van der Waals surface area contributed by atoms with Gasteiger partial charge in [0.2, 0.25) is 5.88 Å². The average molecular weight is 495 g/mol. The first-order valence-corrected chi connectivity index (χ1v) is 11.6. The summed E-state index contributed by atoms with van der Waals surface area (Å²) in [4.78, 5) is 25.0. The molecule has 0 atom stereocenters. The third-order valence-electron chi connectivity index (χ3n) is 6.07. The minimum Gasteiger partial charge on any atom is -0.507 e. The van der Waals surface area contributed by atoms with Crippen LogP contribution in [0.3, 0.4) is 0 Å². The molecule has 1 aliphatic rings. The number of H-pyrrole nitrogens is 1. The molecule has 1 amide bonds. The number of pyridine rings is 1. The van der Waals surface area contributed by atoms with Crippen LogP contribution in [0.4, 0.5) is 5.69 Å². The predicted octanol–water partition coefficient (Wildman–Crippen LogP) is 5.03. The summed E-state index contributed by atoms with van der Waals surface area (Å²) in [5.41, 5.74) is 4.51. The Morgan fingerprint density at radius 3 is 2.73 bits per heavy atom. The van der Waals surface area contributed by atoms with Gasteiger partial charge in [0.25, 0.3) is 5.91 Å². The fourth-order valence-electron chi connectivity index (χ4n) is 4.27. The maximum absolute atomic E-state index is 12.9. The smallest absolute Gasteiger partial charge is 0.255 e. The van der Waals surface area contributed by atoms with Gasteiger partial charge in [-0.1, -0.05) is 6.07 Å². The number of methoxy groups -OCH3 is 1. The Bertz CT molecular complexity index is 1650. The largest absolute Gasteiger partial charge is 0.507 e. The number of hydrogen-bond acceptors (Lipinski definition) is 7. The molecule has 184 valence electrons. The van der Waals surface area contributed by atoms with E-state index in [1.54, 1.807) is 61.8 Å². The van der Waals surface area contributed by atoms with E-state index >= 15 is 0 Å². The number of aromatic amines is 1. The average Bonchev–Trinajstić information content (AvgIpc) is 3.36. The number of carbonyl (C=O) groups excluding carboxylic acids is 1. The van der Waals surface area contributed by atoms with Gasteiger partial charge in [0.05, 0.1) is 23.7 Å². The van der Waals surface area contributed by atoms with Crippen LogP contribution in [0.25, 0.3) is 33.5 Å². The highest BCUT2D eigenvalue weighted by Gasteiger charge is 2.16. The minimum atomic E-state index is -0.275. The zero-order valence-corrected chi connectivity index (χ0v) is 19.8. The first kappa shape index (κ1) is 22.4. The van der Waals surface area contributed by atoms with Crippen molar-refractivity contribution in [1.29, 1.82) is 0 Å². The third-order valence-corrected chi connectivity index (χ3v) is 6.07. The lowest BCUT2D eigenvalue weighted by atomic mass is 10.0. The molecule has 0 bridgehead atoms. The number of amides is 1. The predicted molar refractivity (Wildman–Crippen MR) is 138 cm³/mol. The quantitative estimate of drug-likeness (QED) is 0.314. The van der Waals surface area contributed by atoms with E-state index in [0.717, 1.165) is 11.1 Å². The van der Waals surface area contributed by atoms with Gasteiger partial charge in [-0.2, -0.15) is 0 Å². The fourth-order valence-corrected chi connectivity index (χ4v) is 4.27. The van der Waals surface area contributed by atoms with Crippen molar-refractivity contribution < 1.29 is 24.1 Å². The summed E-state index contributed by atoms with van der Waals surface area (Å²) in [5, 5.41) is 13.5. The Balaban J connectivity index is 1.29. The molecule has 0 saturated heterocycles. The Morgan fingerprint density at radius 1 is 1.00 bits per heavy atom. The van der Waals surface area contributed by atoms with Gasteiger partial charge in [-0.05, 0) is 60.2 Å². The molecule has 2 aromatic heterocycles. The SMILES string of the molecule is COc1ncccc1-c1ccc(O)c(-c2nc3ccc(C(=O)Nc4ccc5c(c4)OCCO5)cc3[nH]2)c1. The van der Waals surface area contributed by atoms with E-state index in [2.05, 4.69) is 20.3 Å². The Kier molecular flexibility index (Phi) is 5.57. The number of phenolic OH excluding ortho intramolecular Hbond substituents is 1. The number of aromatic hydroxyl groups is 1.